The summed E-state index contributed by atoms with van der Waals surface area (Å²) in [5.41, 5.74) is 5.28. The van der Waals surface area contributed by atoms with Crippen LogP contribution in [0.5, 0.6) is 5.75 Å². The summed E-state index contributed by atoms with van der Waals surface area (Å²) in [5, 5.41) is 0. The molecule has 6 heteroatoms. The van der Waals surface area contributed by atoms with Gasteiger partial charge in [0, 0.05) is 6.42 Å². The number of hydrogen-bond acceptors (Lipinski definition) is 2. The molecular formula is C11H8F3NO2. The predicted octanol–water partition coefficient (Wildman–Crippen LogP) is 1.62. The molecule has 0 radical (unpaired) electrons. The number of carbonyl (C=O) groups excluding carboxylic acids is 1. The molecule has 1 rings (SSSR count). The Morgan fingerprint density at radius 2 is 2.12 bits per heavy atom. The highest BCUT2D eigenvalue weighted by Crippen LogP contribution is 2.23. The summed E-state index contributed by atoms with van der Waals surface area (Å²) in [6.45, 7) is 0. The van der Waals surface area contributed by atoms with E-state index in [1.54, 1.807) is 6.07 Å². The second-order valence-electron chi connectivity index (χ2n) is 3.04. The molecule has 0 aliphatic rings. The molecule has 0 aromatic heterocycles. The maximum atomic E-state index is 11.9. The van der Waals surface area contributed by atoms with Gasteiger partial charge in [-0.25, -0.2) is 0 Å². The molecule has 0 unspecified atom stereocenters. The zero-order valence-corrected chi connectivity index (χ0v) is 8.54. The van der Waals surface area contributed by atoms with Gasteiger partial charge >= 0.3 is 6.36 Å². The molecule has 3 nitrogen and oxygen atoms in total. The predicted molar refractivity (Wildman–Crippen MR) is 53.8 cm³/mol. The Morgan fingerprint density at radius 3 is 2.71 bits per heavy atom. The number of hydrogen-bond donors (Lipinski definition) is 1. The van der Waals surface area contributed by atoms with Crippen LogP contribution in [0, 0.1) is 11.8 Å². The van der Waals surface area contributed by atoms with Crippen LogP contribution in [0.2, 0.25) is 0 Å². The van der Waals surface area contributed by atoms with Crippen molar-refractivity contribution in [3.05, 3.63) is 29.8 Å². The van der Waals surface area contributed by atoms with Gasteiger partial charge in [-0.15, -0.1) is 13.2 Å². The van der Waals surface area contributed by atoms with E-state index >= 15 is 0 Å². The summed E-state index contributed by atoms with van der Waals surface area (Å²) in [5.74, 6) is 3.41. The van der Waals surface area contributed by atoms with Gasteiger partial charge in [0.15, 0.2) is 0 Å². The van der Waals surface area contributed by atoms with Crippen LogP contribution >= 0.6 is 0 Å². The molecule has 1 aromatic carbocycles. The minimum atomic E-state index is -4.72. The maximum Gasteiger partial charge on any atom is 0.573 e. The Bertz CT molecular complexity index is 472. The smallest absolute Gasteiger partial charge is 0.406 e. The molecule has 0 spiro atoms. The van der Waals surface area contributed by atoms with Crippen molar-refractivity contribution in [2.75, 3.05) is 0 Å². The highest BCUT2D eigenvalue weighted by molar-refractivity contribution is 5.91. The van der Waals surface area contributed by atoms with E-state index in [1.807, 2.05) is 0 Å². The first-order valence-corrected chi connectivity index (χ1v) is 4.50. The lowest BCUT2D eigenvalue weighted by atomic mass is 10.1. The zero-order valence-electron chi connectivity index (χ0n) is 8.54. The fourth-order valence-electron chi connectivity index (χ4n) is 1.09. The normalized spacial score (nSPS) is 10.3. The van der Waals surface area contributed by atoms with Crippen LogP contribution in [0.3, 0.4) is 0 Å². The van der Waals surface area contributed by atoms with Crippen LogP contribution in [-0.4, -0.2) is 12.3 Å². The van der Waals surface area contributed by atoms with Gasteiger partial charge in [-0.1, -0.05) is 18.1 Å². The van der Waals surface area contributed by atoms with Crippen LogP contribution in [0.4, 0.5) is 13.2 Å². The molecule has 90 valence electrons. The Balaban J connectivity index is 2.74. The van der Waals surface area contributed by atoms with Gasteiger partial charge in [-0.05, 0) is 23.6 Å². The van der Waals surface area contributed by atoms with Crippen molar-refractivity contribution >= 4 is 5.91 Å². The quantitative estimate of drug-likeness (QED) is 0.802. The van der Waals surface area contributed by atoms with Crippen LogP contribution in [-0.2, 0) is 11.2 Å². The standard InChI is InChI=1S/C11H8F3NO2/c12-11(13,14)17-9-5-1-3-8(7-9)4-2-6-10(15)16/h1,3,5,7H,4H2,(H2,15,16). The summed E-state index contributed by atoms with van der Waals surface area (Å²) >= 11 is 0. The number of rotatable bonds is 2. The fourth-order valence-corrected chi connectivity index (χ4v) is 1.09. The van der Waals surface area contributed by atoms with Crippen LogP contribution in [0.1, 0.15) is 5.56 Å². The molecule has 1 aromatic rings. The first kappa shape index (κ1) is 12.9. The summed E-state index contributed by atoms with van der Waals surface area (Å²) in [6, 6.07) is 5.35. The first-order chi connectivity index (χ1) is 7.87. The van der Waals surface area contributed by atoms with E-state index in [1.165, 1.54) is 18.2 Å². The van der Waals surface area contributed by atoms with Gasteiger partial charge < -0.3 is 10.5 Å². The Labute approximate surface area is 95.4 Å². The van der Waals surface area contributed by atoms with Crippen LogP contribution < -0.4 is 10.5 Å². The van der Waals surface area contributed by atoms with Gasteiger partial charge in [0.1, 0.15) is 5.75 Å². The lowest BCUT2D eigenvalue weighted by Gasteiger charge is -2.09. The number of amides is 1. The van der Waals surface area contributed by atoms with Crippen molar-refractivity contribution in [3.8, 4) is 17.6 Å². The van der Waals surface area contributed by atoms with Crippen molar-refractivity contribution in [1.82, 2.24) is 0 Å². The van der Waals surface area contributed by atoms with E-state index in [0.717, 1.165) is 0 Å². The molecule has 0 atom stereocenters. The van der Waals surface area contributed by atoms with Crippen molar-refractivity contribution in [2.24, 2.45) is 5.73 Å². The second-order valence-corrected chi connectivity index (χ2v) is 3.04. The van der Waals surface area contributed by atoms with E-state index in [4.69, 9.17) is 5.73 Å². The van der Waals surface area contributed by atoms with E-state index in [-0.39, 0.29) is 12.2 Å². The molecule has 0 fully saturated rings. The van der Waals surface area contributed by atoms with E-state index in [9.17, 15) is 18.0 Å². The van der Waals surface area contributed by atoms with Crippen LogP contribution in [0.25, 0.3) is 0 Å². The summed E-state index contributed by atoms with van der Waals surface area (Å²) in [6.07, 6.45) is -4.60. The Morgan fingerprint density at radius 1 is 1.41 bits per heavy atom. The highest BCUT2D eigenvalue weighted by Gasteiger charge is 2.30. The van der Waals surface area contributed by atoms with E-state index in [2.05, 4.69) is 16.6 Å². The number of carbonyl (C=O) groups is 1. The van der Waals surface area contributed by atoms with Gasteiger partial charge in [-0.2, -0.15) is 0 Å². The molecule has 0 heterocycles. The molecule has 0 aliphatic heterocycles. The monoisotopic (exact) mass is 243 g/mol. The third-order valence-corrected chi connectivity index (χ3v) is 1.64. The maximum absolute atomic E-state index is 11.9. The number of benzene rings is 1. The lowest BCUT2D eigenvalue weighted by molar-refractivity contribution is -0.274. The lowest BCUT2D eigenvalue weighted by Crippen LogP contribution is -2.17. The number of ether oxygens (including phenoxy) is 1. The molecule has 0 bridgehead atoms. The average Bonchev–Trinajstić information content (AvgIpc) is 2.14. The van der Waals surface area contributed by atoms with Crippen molar-refractivity contribution < 1.29 is 22.7 Å². The third-order valence-electron chi connectivity index (χ3n) is 1.64. The summed E-state index contributed by atoms with van der Waals surface area (Å²) in [7, 11) is 0. The van der Waals surface area contributed by atoms with Crippen LogP contribution in [0.15, 0.2) is 24.3 Å². The van der Waals surface area contributed by atoms with Gasteiger partial charge in [0.2, 0.25) is 0 Å². The molecule has 1 amide bonds. The summed E-state index contributed by atoms with van der Waals surface area (Å²) < 4.78 is 39.5. The van der Waals surface area contributed by atoms with E-state index < -0.39 is 12.3 Å². The molecule has 17 heavy (non-hydrogen) atoms. The topological polar surface area (TPSA) is 52.3 Å². The largest absolute Gasteiger partial charge is 0.573 e. The minimum Gasteiger partial charge on any atom is -0.406 e. The molecule has 0 aliphatic carbocycles. The fraction of sp³-hybridized carbons (Fsp3) is 0.182. The summed E-state index contributed by atoms with van der Waals surface area (Å²) in [4.78, 5) is 10.3. The Kier molecular flexibility index (Phi) is 3.99. The number of primary amides is 1. The molecule has 0 saturated carbocycles. The average molecular weight is 243 g/mol. The highest BCUT2D eigenvalue weighted by atomic mass is 19.4. The van der Waals surface area contributed by atoms with Crippen molar-refractivity contribution in [1.29, 1.82) is 0 Å². The van der Waals surface area contributed by atoms with E-state index in [0.29, 0.717) is 5.56 Å². The first-order valence-electron chi connectivity index (χ1n) is 4.50. The van der Waals surface area contributed by atoms with Gasteiger partial charge in [0.25, 0.3) is 5.91 Å². The van der Waals surface area contributed by atoms with Crippen molar-refractivity contribution in [3.63, 3.8) is 0 Å². The zero-order chi connectivity index (χ0) is 12.9. The van der Waals surface area contributed by atoms with Gasteiger partial charge in [-0.3, -0.25) is 4.79 Å². The SMILES string of the molecule is NC(=O)C#CCc1cccc(OC(F)(F)F)c1. The molecular weight excluding hydrogens is 235 g/mol. The number of alkyl halides is 3. The molecule has 0 saturated heterocycles. The molecule has 2 N–H and O–H groups in total. The minimum absolute atomic E-state index is 0.123. The second kappa shape index (κ2) is 5.25. The number of nitrogens with two attached hydrogens (primary N) is 1. The van der Waals surface area contributed by atoms with Crippen molar-refractivity contribution in [2.45, 2.75) is 12.8 Å². The third kappa shape index (κ3) is 5.47. The number of halogens is 3. The Hall–Kier alpha value is -2.16. The van der Waals surface area contributed by atoms with Gasteiger partial charge in [0.05, 0.1) is 0 Å².